The number of sulfone groups is 1. The van der Waals surface area contributed by atoms with Crippen molar-refractivity contribution < 1.29 is 18.1 Å². The normalized spacial score (nSPS) is 16.6. The molecular weight excluding hydrogens is 456 g/mol. The van der Waals surface area contributed by atoms with Gasteiger partial charge in [0.15, 0.2) is 9.84 Å². The molecule has 10 heteroatoms. The first-order valence-corrected chi connectivity index (χ1v) is 12.4. The number of rotatable bonds is 7. The van der Waals surface area contributed by atoms with Crippen molar-refractivity contribution in [1.82, 2.24) is 14.7 Å². The van der Waals surface area contributed by atoms with Crippen molar-refractivity contribution in [3.05, 3.63) is 76.5 Å². The standard InChI is InChI=1S/C24H22N4O5S/c1-2-13-26(22-12-14-34(32,33)17-22)23(29)15-19-16-27(20-6-4-3-5-7-20)25-24(19)18-8-10-21(11-9-18)28(30)31/h1,3-11,16,22H,12-15,17H2. The quantitative estimate of drug-likeness (QED) is 0.293. The third kappa shape index (κ3) is 5.00. The van der Waals surface area contributed by atoms with Crippen molar-refractivity contribution in [3.8, 4) is 29.3 Å². The van der Waals surface area contributed by atoms with E-state index >= 15 is 0 Å². The molecule has 2 heterocycles. The molecule has 0 saturated carbocycles. The predicted molar refractivity (Wildman–Crippen MR) is 127 cm³/mol. The molecule has 3 aromatic rings. The van der Waals surface area contributed by atoms with Crippen molar-refractivity contribution in [3.63, 3.8) is 0 Å². The molecule has 0 N–H and O–H groups in total. The first-order chi connectivity index (χ1) is 16.3. The van der Waals surface area contributed by atoms with E-state index in [0.717, 1.165) is 5.69 Å². The van der Waals surface area contributed by atoms with E-state index in [0.29, 0.717) is 23.2 Å². The van der Waals surface area contributed by atoms with Gasteiger partial charge in [-0.15, -0.1) is 6.42 Å². The van der Waals surface area contributed by atoms with Gasteiger partial charge in [-0.3, -0.25) is 14.9 Å². The Morgan fingerprint density at radius 3 is 2.50 bits per heavy atom. The molecule has 4 rings (SSSR count). The van der Waals surface area contributed by atoms with Crippen molar-refractivity contribution in [2.24, 2.45) is 0 Å². The van der Waals surface area contributed by atoms with Crippen LogP contribution in [0.2, 0.25) is 0 Å². The van der Waals surface area contributed by atoms with Crippen LogP contribution >= 0.6 is 0 Å². The van der Waals surface area contributed by atoms with E-state index in [2.05, 4.69) is 11.0 Å². The van der Waals surface area contributed by atoms with Gasteiger partial charge >= 0.3 is 0 Å². The van der Waals surface area contributed by atoms with Crippen LogP contribution in [-0.2, 0) is 21.1 Å². The minimum absolute atomic E-state index is 0.0126. The third-order valence-electron chi connectivity index (χ3n) is 5.74. The fourth-order valence-corrected chi connectivity index (χ4v) is 5.77. The average molecular weight is 479 g/mol. The van der Waals surface area contributed by atoms with Crippen LogP contribution in [0.15, 0.2) is 60.8 Å². The Hall–Kier alpha value is -3.97. The molecular formula is C24H22N4O5S. The highest BCUT2D eigenvalue weighted by Gasteiger charge is 2.34. The van der Waals surface area contributed by atoms with E-state index in [1.807, 2.05) is 30.3 Å². The van der Waals surface area contributed by atoms with E-state index in [1.54, 1.807) is 23.0 Å². The largest absolute Gasteiger partial charge is 0.327 e. The fourth-order valence-electron chi connectivity index (χ4n) is 4.04. The molecule has 0 spiro atoms. The fraction of sp³-hybridized carbons (Fsp3) is 0.250. The summed E-state index contributed by atoms with van der Waals surface area (Å²) in [6.07, 6.45) is 7.52. The molecule has 34 heavy (non-hydrogen) atoms. The van der Waals surface area contributed by atoms with Crippen molar-refractivity contribution in [2.75, 3.05) is 18.1 Å². The highest BCUT2D eigenvalue weighted by atomic mass is 32.2. The minimum atomic E-state index is -3.19. The second kappa shape index (κ2) is 9.49. The van der Waals surface area contributed by atoms with Crippen molar-refractivity contribution in [1.29, 1.82) is 0 Å². The minimum Gasteiger partial charge on any atom is -0.327 e. The summed E-state index contributed by atoms with van der Waals surface area (Å²) in [6, 6.07) is 14.8. The molecule has 1 amide bonds. The van der Waals surface area contributed by atoms with Gasteiger partial charge < -0.3 is 4.90 Å². The zero-order chi connectivity index (χ0) is 24.3. The number of amides is 1. The van der Waals surface area contributed by atoms with Gasteiger partial charge in [0.25, 0.3) is 5.69 Å². The van der Waals surface area contributed by atoms with Crippen LogP contribution in [0, 0.1) is 22.5 Å². The molecule has 9 nitrogen and oxygen atoms in total. The summed E-state index contributed by atoms with van der Waals surface area (Å²) in [7, 11) is -3.19. The van der Waals surface area contributed by atoms with Gasteiger partial charge in [0, 0.05) is 35.5 Å². The van der Waals surface area contributed by atoms with E-state index < -0.39 is 20.8 Å². The highest BCUT2D eigenvalue weighted by molar-refractivity contribution is 7.91. The number of nitro benzene ring substituents is 1. The topological polar surface area (TPSA) is 115 Å². The third-order valence-corrected chi connectivity index (χ3v) is 7.49. The first kappa shape index (κ1) is 23.2. The van der Waals surface area contributed by atoms with Crippen LogP contribution in [0.25, 0.3) is 16.9 Å². The molecule has 1 fully saturated rings. The summed E-state index contributed by atoms with van der Waals surface area (Å²) in [5, 5.41) is 15.7. The van der Waals surface area contributed by atoms with Crippen LogP contribution in [0.1, 0.15) is 12.0 Å². The summed E-state index contributed by atoms with van der Waals surface area (Å²) in [5.41, 5.74) is 2.46. The Balaban J connectivity index is 1.69. The Morgan fingerprint density at radius 2 is 1.91 bits per heavy atom. The molecule has 2 aromatic carbocycles. The van der Waals surface area contributed by atoms with E-state index in [1.165, 1.54) is 17.0 Å². The number of non-ortho nitro benzene ring substituents is 1. The maximum Gasteiger partial charge on any atom is 0.269 e. The zero-order valence-corrected chi connectivity index (χ0v) is 19.0. The van der Waals surface area contributed by atoms with Crippen LogP contribution in [0.5, 0.6) is 0 Å². The Labute approximate surface area is 197 Å². The molecule has 174 valence electrons. The van der Waals surface area contributed by atoms with Crippen molar-refractivity contribution >= 4 is 21.4 Å². The van der Waals surface area contributed by atoms with Gasteiger partial charge in [-0.25, -0.2) is 13.1 Å². The smallest absolute Gasteiger partial charge is 0.269 e. The van der Waals surface area contributed by atoms with Crippen LogP contribution in [0.4, 0.5) is 5.69 Å². The SMILES string of the molecule is C#CCN(C(=O)Cc1cn(-c2ccccc2)nc1-c1ccc([N+](=O)[O-])cc1)C1CCS(=O)(=O)C1. The molecule has 0 bridgehead atoms. The number of nitrogens with zero attached hydrogens (tertiary/aromatic N) is 4. The summed E-state index contributed by atoms with van der Waals surface area (Å²) in [4.78, 5) is 25.3. The molecule has 1 unspecified atom stereocenters. The average Bonchev–Trinajstić information content (AvgIpc) is 3.40. The van der Waals surface area contributed by atoms with E-state index in [-0.39, 0.29) is 36.1 Å². The van der Waals surface area contributed by atoms with Crippen molar-refractivity contribution in [2.45, 2.75) is 18.9 Å². The van der Waals surface area contributed by atoms with Gasteiger partial charge in [-0.05, 0) is 30.7 Å². The lowest BCUT2D eigenvalue weighted by atomic mass is 10.0. The van der Waals surface area contributed by atoms with Crippen LogP contribution in [-0.4, -0.2) is 58.0 Å². The number of terminal acetylenes is 1. The lowest BCUT2D eigenvalue weighted by molar-refractivity contribution is -0.384. The van der Waals surface area contributed by atoms with Gasteiger partial charge in [-0.1, -0.05) is 24.1 Å². The number of aromatic nitrogens is 2. The lowest BCUT2D eigenvalue weighted by Gasteiger charge is -2.26. The first-order valence-electron chi connectivity index (χ1n) is 10.6. The van der Waals surface area contributed by atoms with Gasteiger partial charge in [0.2, 0.25) is 5.91 Å². The van der Waals surface area contributed by atoms with Gasteiger partial charge in [-0.2, -0.15) is 5.10 Å². The van der Waals surface area contributed by atoms with Gasteiger partial charge in [0.05, 0.1) is 40.8 Å². The summed E-state index contributed by atoms with van der Waals surface area (Å²) < 4.78 is 25.6. The predicted octanol–water partition coefficient (Wildman–Crippen LogP) is 2.64. The highest BCUT2D eigenvalue weighted by Crippen LogP contribution is 2.27. The number of benzene rings is 2. The second-order valence-corrected chi connectivity index (χ2v) is 10.3. The Morgan fingerprint density at radius 1 is 1.21 bits per heavy atom. The molecule has 1 aliphatic rings. The number of carbonyl (C=O) groups is 1. The second-order valence-electron chi connectivity index (χ2n) is 8.05. The maximum absolute atomic E-state index is 13.3. The molecule has 0 aliphatic carbocycles. The Bertz CT molecular complexity index is 1360. The van der Waals surface area contributed by atoms with Crippen LogP contribution in [0.3, 0.4) is 0 Å². The molecule has 1 saturated heterocycles. The van der Waals surface area contributed by atoms with E-state index in [9.17, 15) is 23.3 Å². The summed E-state index contributed by atoms with van der Waals surface area (Å²) in [6.45, 7) is 0.0126. The number of hydrogen-bond donors (Lipinski definition) is 0. The number of carbonyl (C=O) groups excluding carboxylic acids is 1. The lowest BCUT2D eigenvalue weighted by Crippen LogP contribution is -2.42. The zero-order valence-electron chi connectivity index (χ0n) is 18.2. The molecule has 0 radical (unpaired) electrons. The Kier molecular flexibility index (Phi) is 6.47. The molecule has 1 atom stereocenters. The number of para-hydroxylation sites is 1. The van der Waals surface area contributed by atoms with E-state index in [4.69, 9.17) is 6.42 Å². The number of hydrogen-bond acceptors (Lipinski definition) is 6. The molecule has 1 aromatic heterocycles. The molecule has 1 aliphatic heterocycles. The number of nitro groups is 1. The van der Waals surface area contributed by atoms with Crippen LogP contribution < -0.4 is 0 Å². The summed E-state index contributed by atoms with van der Waals surface area (Å²) >= 11 is 0. The summed E-state index contributed by atoms with van der Waals surface area (Å²) in [5.74, 6) is 2.10. The monoisotopic (exact) mass is 478 g/mol. The maximum atomic E-state index is 13.3. The van der Waals surface area contributed by atoms with Gasteiger partial charge in [0.1, 0.15) is 0 Å².